The van der Waals surface area contributed by atoms with Crippen molar-refractivity contribution in [3.05, 3.63) is 179 Å². The van der Waals surface area contributed by atoms with Gasteiger partial charge in [0.05, 0.1) is 34.9 Å². The van der Waals surface area contributed by atoms with Crippen molar-refractivity contribution in [3.8, 4) is 51.6 Å². The number of hydrogen-bond acceptors (Lipinski definition) is 3. The van der Waals surface area contributed by atoms with Crippen LogP contribution >= 0.6 is 0 Å². The van der Waals surface area contributed by atoms with Gasteiger partial charge in [-0.2, -0.15) is 15.8 Å². The first-order valence-electron chi connectivity index (χ1n) is 18.3. The molecule has 0 spiro atoms. The number of nitrogens with zero attached hydrogens (tertiary/aromatic N) is 3. The van der Waals surface area contributed by atoms with Gasteiger partial charge in [0.15, 0.2) is 0 Å². The lowest BCUT2D eigenvalue weighted by molar-refractivity contribution is 0.717. The second-order valence-electron chi connectivity index (χ2n) is 12.7. The molecule has 0 aromatic heterocycles. The van der Waals surface area contributed by atoms with Crippen molar-refractivity contribution >= 4 is 0 Å². The van der Waals surface area contributed by atoms with Crippen molar-refractivity contribution in [2.45, 2.75) is 65.7 Å². The van der Waals surface area contributed by atoms with Gasteiger partial charge in [0.2, 0.25) is 0 Å². The van der Waals surface area contributed by atoms with Crippen LogP contribution in [0, 0.1) is 34.0 Å². The molecule has 3 nitrogen and oxygen atoms in total. The Balaban J connectivity index is 0.000000175. The molecular formula is C49H47N3. The fourth-order valence-corrected chi connectivity index (χ4v) is 5.74. The molecule has 0 atom stereocenters. The van der Waals surface area contributed by atoms with Crippen molar-refractivity contribution in [1.82, 2.24) is 0 Å². The van der Waals surface area contributed by atoms with Gasteiger partial charge in [-0.25, -0.2) is 0 Å². The quantitative estimate of drug-likeness (QED) is 0.135. The highest BCUT2D eigenvalue weighted by Crippen LogP contribution is 2.23. The highest BCUT2D eigenvalue weighted by atomic mass is 14.2. The maximum absolute atomic E-state index is 8.79. The Labute approximate surface area is 311 Å². The summed E-state index contributed by atoms with van der Waals surface area (Å²) < 4.78 is 0. The zero-order chi connectivity index (χ0) is 37.0. The third kappa shape index (κ3) is 12.0. The second-order valence-corrected chi connectivity index (χ2v) is 12.7. The predicted molar refractivity (Wildman–Crippen MR) is 216 cm³/mol. The molecule has 6 rings (SSSR count). The molecule has 0 bridgehead atoms. The lowest BCUT2D eigenvalue weighted by atomic mass is 10.0. The van der Waals surface area contributed by atoms with E-state index < -0.39 is 0 Å². The van der Waals surface area contributed by atoms with E-state index in [1.807, 2.05) is 72.8 Å². The maximum atomic E-state index is 8.79. The molecule has 0 saturated heterocycles. The summed E-state index contributed by atoms with van der Waals surface area (Å²) in [5, 5.41) is 26.3. The van der Waals surface area contributed by atoms with Crippen LogP contribution in [-0.4, -0.2) is 0 Å². The highest BCUT2D eigenvalue weighted by Gasteiger charge is 2.01. The Morgan fingerprint density at radius 1 is 0.327 bits per heavy atom. The molecule has 0 unspecified atom stereocenters. The zero-order valence-corrected chi connectivity index (χ0v) is 30.6. The Kier molecular flexibility index (Phi) is 15.7. The molecule has 0 saturated carbocycles. The van der Waals surface area contributed by atoms with Crippen LogP contribution in [0.1, 0.15) is 79.8 Å². The van der Waals surface area contributed by atoms with Crippen LogP contribution in [0.25, 0.3) is 33.4 Å². The summed E-state index contributed by atoms with van der Waals surface area (Å²) in [7, 11) is 0. The fourth-order valence-electron chi connectivity index (χ4n) is 5.74. The Morgan fingerprint density at radius 3 is 0.885 bits per heavy atom. The van der Waals surface area contributed by atoms with Crippen LogP contribution in [0.4, 0.5) is 0 Å². The van der Waals surface area contributed by atoms with E-state index in [9.17, 15) is 0 Å². The van der Waals surface area contributed by atoms with Gasteiger partial charge < -0.3 is 0 Å². The molecule has 0 radical (unpaired) electrons. The number of rotatable bonds is 10. The lowest BCUT2D eigenvalue weighted by Gasteiger charge is -2.04. The summed E-state index contributed by atoms with van der Waals surface area (Å²) in [5.41, 5.74) is 13.3. The van der Waals surface area contributed by atoms with Gasteiger partial charge in [0.25, 0.3) is 0 Å². The zero-order valence-electron chi connectivity index (χ0n) is 30.6. The lowest BCUT2D eigenvalue weighted by Crippen LogP contribution is -1.86. The van der Waals surface area contributed by atoms with Gasteiger partial charge >= 0.3 is 0 Å². The minimum absolute atomic E-state index is 0.703. The molecule has 6 aromatic rings. The van der Waals surface area contributed by atoms with E-state index in [1.54, 1.807) is 0 Å². The molecule has 0 heterocycles. The van der Waals surface area contributed by atoms with E-state index in [1.165, 1.54) is 71.0 Å². The Morgan fingerprint density at radius 2 is 0.615 bits per heavy atom. The van der Waals surface area contributed by atoms with Gasteiger partial charge in [0, 0.05) is 0 Å². The molecule has 0 aliphatic carbocycles. The largest absolute Gasteiger partial charge is 0.192 e. The molecule has 0 N–H and O–H groups in total. The van der Waals surface area contributed by atoms with E-state index in [4.69, 9.17) is 15.8 Å². The molecule has 0 fully saturated rings. The van der Waals surface area contributed by atoms with Crippen LogP contribution < -0.4 is 0 Å². The summed E-state index contributed by atoms with van der Waals surface area (Å²) in [6.45, 7) is 6.57. The minimum atomic E-state index is 0.703. The van der Waals surface area contributed by atoms with E-state index in [0.717, 1.165) is 24.0 Å². The van der Waals surface area contributed by atoms with Crippen LogP contribution in [0.2, 0.25) is 0 Å². The topological polar surface area (TPSA) is 71.4 Å². The third-order valence-corrected chi connectivity index (χ3v) is 8.92. The summed E-state index contributed by atoms with van der Waals surface area (Å²) in [6.07, 6.45) is 8.38. The summed E-state index contributed by atoms with van der Waals surface area (Å²) in [6, 6.07) is 55.5. The molecule has 0 amide bonds. The van der Waals surface area contributed by atoms with Crippen LogP contribution in [0.3, 0.4) is 0 Å². The smallest absolute Gasteiger partial charge is 0.0991 e. The number of benzene rings is 6. The summed E-state index contributed by atoms with van der Waals surface area (Å²) in [5.74, 6) is 0. The second kappa shape index (κ2) is 21.1. The Hall–Kier alpha value is -6.21. The first-order chi connectivity index (χ1) is 25.5. The van der Waals surface area contributed by atoms with Gasteiger partial charge in [0.1, 0.15) is 0 Å². The van der Waals surface area contributed by atoms with Crippen molar-refractivity contribution in [1.29, 1.82) is 15.8 Å². The van der Waals surface area contributed by atoms with Gasteiger partial charge in [-0.1, -0.05) is 149 Å². The summed E-state index contributed by atoms with van der Waals surface area (Å²) in [4.78, 5) is 0. The summed E-state index contributed by atoms with van der Waals surface area (Å²) >= 11 is 0. The first-order valence-corrected chi connectivity index (χ1v) is 18.3. The minimum Gasteiger partial charge on any atom is -0.192 e. The SMILES string of the molecule is CCCCCc1ccc(-c2ccc(C#N)cc2)cc1.CCCc1ccc(-c2ccc(C#N)cc2)cc1.CCc1ccc(-c2ccc(C#N)cc2)cc1. The van der Waals surface area contributed by atoms with Crippen LogP contribution in [0.5, 0.6) is 0 Å². The molecular weight excluding hydrogens is 631 g/mol. The van der Waals surface area contributed by atoms with Crippen molar-refractivity contribution in [2.24, 2.45) is 0 Å². The van der Waals surface area contributed by atoms with E-state index in [0.29, 0.717) is 16.7 Å². The molecule has 0 aliphatic rings. The van der Waals surface area contributed by atoms with Crippen molar-refractivity contribution in [2.75, 3.05) is 0 Å². The molecule has 0 aliphatic heterocycles. The monoisotopic (exact) mass is 677 g/mol. The molecule has 52 heavy (non-hydrogen) atoms. The predicted octanol–water partition coefficient (Wildman–Crippen LogP) is 12.9. The van der Waals surface area contributed by atoms with Crippen LogP contribution in [-0.2, 0) is 19.3 Å². The van der Waals surface area contributed by atoms with E-state index in [2.05, 4.69) is 112 Å². The average molecular weight is 678 g/mol. The number of unbranched alkanes of at least 4 members (excludes halogenated alkanes) is 2. The fraction of sp³-hybridized carbons (Fsp3) is 0.204. The normalized spacial score (nSPS) is 9.92. The number of aryl methyl sites for hydroxylation is 3. The molecule has 258 valence electrons. The third-order valence-electron chi connectivity index (χ3n) is 8.92. The number of hydrogen-bond donors (Lipinski definition) is 0. The average Bonchev–Trinajstić information content (AvgIpc) is 3.22. The van der Waals surface area contributed by atoms with Gasteiger partial charge in [-0.05, 0) is 112 Å². The van der Waals surface area contributed by atoms with Gasteiger partial charge in [-0.15, -0.1) is 0 Å². The molecule has 3 heteroatoms. The maximum Gasteiger partial charge on any atom is 0.0991 e. The van der Waals surface area contributed by atoms with Crippen molar-refractivity contribution in [3.63, 3.8) is 0 Å². The first kappa shape index (κ1) is 38.6. The molecule has 6 aromatic carbocycles. The highest BCUT2D eigenvalue weighted by molar-refractivity contribution is 5.66. The van der Waals surface area contributed by atoms with Crippen LogP contribution in [0.15, 0.2) is 146 Å². The number of nitriles is 3. The van der Waals surface area contributed by atoms with E-state index in [-0.39, 0.29) is 0 Å². The standard InChI is InChI=1S/C18H19N.C16H15N.C15H13N/c1-2-3-4-5-15-6-10-17(11-7-15)18-12-8-16(14-19)9-13-18;1-2-3-13-4-8-15(9-5-13)16-10-6-14(12-17)7-11-16;1-2-12-3-7-14(8-4-12)15-9-5-13(11-16)6-10-15/h6-13H,2-5H2,1H3;4-11H,2-3H2,1H3;3-10H,2H2,1H3. The van der Waals surface area contributed by atoms with Gasteiger partial charge in [-0.3, -0.25) is 0 Å². The Bertz CT molecular complexity index is 2050. The van der Waals surface area contributed by atoms with E-state index >= 15 is 0 Å². The van der Waals surface area contributed by atoms with Crippen molar-refractivity contribution < 1.29 is 0 Å².